The Morgan fingerprint density at radius 1 is 0.968 bits per heavy atom. The molecule has 0 spiro atoms. The van der Waals surface area contributed by atoms with Crippen molar-refractivity contribution in [3.63, 3.8) is 0 Å². The van der Waals surface area contributed by atoms with E-state index in [1.807, 2.05) is 35.9 Å². The van der Waals surface area contributed by atoms with Crippen LogP contribution in [0.15, 0.2) is 88.7 Å². The van der Waals surface area contributed by atoms with Gasteiger partial charge in [0, 0.05) is 34.5 Å². The fourth-order valence-electron chi connectivity index (χ4n) is 3.59. The first-order valence-corrected chi connectivity index (χ1v) is 12.0. The Morgan fingerprint density at radius 2 is 1.74 bits per heavy atom. The van der Waals surface area contributed by atoms with Crippen molar-refractivity contribution in [1.29, 1.82) is 0 Å². The Balaban J connectivity index is 1.80. The zero-order valence-electron chi connectivity index (χ0n) is 16.6. The van der Waals surface area contributed by atoms with E-state index in [-0.39, 0.29) is 10.6 Å². The summed E-state index contributed by atoms with van der Waals surface area (Å²) in [6, 6.07) is 17.5. The minimum Gasteiger partial charge on any atom is -0.507 e. The van der Waals surface area contributed by atoms with Gasteiger partial charge in [0.05, 0.1) is 4.90 Å². The number of phenols is 1. The van der Waals surface area contributed by atoms with Gasteiger partial charge in [-0.3, -0.25) is 0 Å². The van der Waals surface area contributed by atoms with Crippen LogP contribution in [0.2, 0.25) is 0 Å². The molecular weight excluding hydrogens is 428 g/mol. The van der Waals surface area contributed by atoms with E-state index >= 15 is 0 Å². The second-order valence-corrected chi connectivity index (χ2v) is 9.88. The monoisotopic (exact) mass is 446 g/mol. The molecule has 0 unspecified atom stereocenters. The lowest BCUT2D eigenvalue weighted by molar-refractivity contribution is 0.477. The van der Waals surface area contributed by atoms with E-state index in [0.717, 1.165) is 16.7 Å². The molecular formula is C24H18N2O3S2. The first-order chi connectivity index (χ1) is 14.9. The predicted molar refractivity (Wildman–Crippen MR) is 124 cm³/mol. The molecule has 0 saturated carbocycles. The minimum absolute atomic E-state index is 0.0789. The Kier molecular flexibility index (Phi) is 4.64. The van der Waals surface area contributed by atoms with Gasteiger partial charge in [0.1, 0.15) is 5.75 Å². The number of pyridine rings is 1. The molecule has 0 radical (unpaired) electrons. The Hall–Kier alpha value is -3.42. The number of aromatic hydroxyl groups is 1. The second kappa shape index (κ2) is 7.37. The Bertz CT molecular complexity index is 1500. The average Bonchev–Trinajstić information content (AvgIpc) is 3.43. The third kappa shape index (κ3) is 3.32. The molecule has 0 atom stereocenters. The maximum absolute atomic E-state index is 13.5. The summed E-state index contributed by atoms with van der Waals surface area (Å²) in [5.74, 6) is 0.0789. The summed E-state index contributed by atoms with van der Waals surface area (Å²) in [5, 5.41) is 15.1. The number of fused-ring (bicyclic) bond motifs is 1. The maximum atomic E-state index is 13.5. The van der Waals surface area contributed by atoms with E-state index in [4.69, 9.17) is 0 Å². The van der Waals surface area contributed by atoms with Crippen molar-refractivity contribution in [3.05, 3.63) is 89.4 Å². The van der Waals surface area contributed by atoms with Crippen LogP contribution in [-0.2, 0) is 10.0 Å². The fourth-order valence-corrected chi connectivity index (χ4v) is 5.58. The van der Waals surface area contributed by atoms with Crippen LogP contribution >= 0.6 is 11.3 Å². The average molecular weight is 447 g/mol. The summed E-state index contributed by atoms with van der Waals surface area (Å²) in [6.07, 6.45) is 3.22. The highest BCUT2D eigenvalue weighted by Gasteiger charge is 2.24. The minimum atomic E-state index is -3.87. The van der Waals surface area contributed by atoms with Gasteiger partial charge in [0.2, 0.25) is 0 Å². The summed E-state index contributed by atoms with van der Waals surface area (Å²) in [5.41, 5.74) is 4.35. The summed E-state index contributed by atoms with van der Waals surface area (Å²) in [4.78, 5) is 4.71. The number of aromatic nitrogens is 2. The van der Waals surface area contributed by atoms with Crippen molar-refractivity contribution in [2.75, 3.05) is 0 Å². The molecule has 0 saturated heterocycles. The van der Waals surface area contributed by atoms with Crippen molar-refractivity contribution >= 4 is 32.4 Å². The predicted octanol–water partition coefficient (Wildman–Crippen LogP) is 5.68. The van der Waals surface area contributed by atoms with E-state index in [1.54, 1.807) is 66.2 Å². The number of thiophene rings is 1. The highest BCUT2D eigenvalue weighted by Crippen LogP contribution is 2.38. The van der Waals surface area contributed by atoms with Gasteiger partial charge in [-0.1, -0.05) is 35.9 Å². The molecule has 0 bridgehead atoms. The van der Waals surface area contributed by atoms with Gasteiger partial charge >= 0.3 is 0 Å². The molecule has 3 heterocycles. The SMILES string of the molecule is Cc1ccc(S(=O)(=O)n2cc(-c3ccccc3O)c3cc(-c4ccsc4)cnc32)cc1. The van der Waals surface area contributed by atoms with E-state index in [9.17, 15) is 13.5 Å². The number of hydrogen-bond acceptors (Lipinski definition) is 5. The summed E-state index contributed by atoms with van der Waals surface area (Å²) in [7, 11) is -3.87. The van der Waals surface area contributed by atoms with Gasteiger partial charge in [0.15, 0.2) is 5.65 Å². The number of benzene rings is 2. The van der Waals surface area contributed by atoms with Crippen molar-refractivity contribution in [2.24, 2.45) is 0 Å². The molecule has 5 rings (SSSR count). The van der Waals surface area contributed by atoms with E-state index in [0.29, 0.717) is 22.2 Å². The summed E-state index contributed by atoms with van der Waals surface area (Å²) in [6.45, 7) is 1.91. The molecule has 1 N–H and O–H groups in total. The zero-order valence-corrected chi connectivity index (χ0v) is 18.2. The maximum Gasteiger partial charge on any atom is 0.269 e. The highest BCUT2D eigenvalue weighted by molar-refractivity contribution is 7.90. The van der Waals surface area contributed by atoms with Gasteiger partial charge in [-0.15, -0.1) is 0 Å². The molecule has 31 heavy (non-hydrogen) atoms. The summed E-state index contributed by atoms with van der Waals surface area (Å²) < 4.78 is 28.1. The molecule has 0 fully saturated rings. The van der Waals surface area contributed by atoms with Crippen LogP contribution < -0.4 is 0 Å². The van der Waals surface area contributed by atoms with Gasteiger partial charge in [-0.25, -0.2) is 17.4 Å². The fraction of sp³-hybridized carbons (Fsp3) is 0.0417. The van der Waals surface area contributed by atoms with Crippen molar-refractivity contribution in [2.45, 2.75) is 11.8 Å². The van der Waals surface area contributed by atoms with Gasteiger partial charge in [0.25, 0.3) is 10.0 Å². The van der Waals surface area contributed by atoms with E-state index in [2.05, 4.69) is 4.98 Å². The molecule has 0 aliphatic rings. The zero-order chi connectivity index (χ0) is 21.6. The number of nitrogens with zero attached hydrogens (tertiary/aromatic N) is 2. The number of hydrogen-bond donors (Lipinski definition) is 1. The molecule has 3 aromatic heterocycles. The van der Waals surface area contributed by atoms with Crippen molar-refractivity contribution in [3.8, 4) is 28.0 Å². The smallest absolute Gasteiger partial charge is 0.269 e. The molecule has 154 valence electrons. The van der Waals surface area contributed by atoms with Gasteiger partial charge in [-0.05, 0) is 53.6 Å². The normalized spacial score (nSPS) is 11.8. The van der Waals surface area contributed by atoms with Crippen LogP contribution in [0.3, 0.4) is 0 Å². The number of para-hydroxylation sites is 1. The lowest BCUT2D eigenvalue weighted by Gasteiger charge is -2.07. The largest absolute Gasteiger partial charge is 0.507 e. The number of aryl methyl sites for hydroxylation is 1. The summed E-state index contributed by atoms with van der Waals surface area (Å²) >= 11 is 1.58. The van der Waals surface area contributed by atoms with Crippen LogP contribution in [0.25, 0.3) is 33.3 Å². The molecule has 0 aliphatic carbocycles. The standard InChI is InChI=1S/C24H18N2O3S2/c1-16-6-8-19(9-7-16)31(28,29)26-14-22(20-4-2-3-5-23(20)27)21-12-18(13-25-24(21)26)17-10-11-30-15-17/h2-15,27H,1H3. The molecule has 2 aromatic carbocycles. The quantitative estimate of drug-likeness (QED) is 0.385. The van der Waals surface area contributed by atoms with Gasteiger partial charge < -0.3 is 5.11 Å². The molecule has 0 amide bonds. The van der Waals surface area contributed by atoms with E-state index < -0.39 is 10.0 Å². The second-order valence-electron chi connectivity index (χ2n) is 7.28. The molecule has 5 nitrogen and oxygen atoms in total. The topological polar surface area (TPSA) is 72.2 Å². The Labute approximate surface area is 183 Å². The Morgan fingerprint density at radius 3 is 2.45 bits per heavy atom. The highest BCUT2D eigenvalue weighted by atomic mass is 32.2. The lowest BCUT2D eigenvalue weighted by atomic mass is 10.0. The van der Waals surface area contributed by atoms with Crippen molar-refractivity contribution < 1.29 is 13.5 Å². The van der Waals surface area contributed by atoms with Crippen LogP contribution in [0, 0.1) is 6.92 Å². The third-order valence-corrected chi connectivity index (χ3v) is 7.59. The first-order valence-electron chi connectivity index (χ1n) is 9.59. The lowest BCUT2D eigenvalue weighted by Crippen LogP contribution is -2.12. The third-order valence-electron chi connectivity index (χ3n) is 5.24. The van der Waals surface area contributed by atoms with Crippen LogP contribution in [0.1, 0.15) is 5.56 Å². The van der Waals surface area contributed by atoms with Crippen LogP contribution in [-0.4, -0.2) is 22.5 Å². The molecule has 0 aliphatic heterocycles. The van der Waals surface area contributed by atoms with Crippen LogP contribution in [0.5, 0.6) is 5.75 Å². The molecule has 7 heteroatoms. The van der Waals surface area contributed by atoms with Crippen LogP contribution in [0.4, 0.5) is 0 Å². The number of phenolic OH excluding ortho intramolecular Hbond substituents is 1. The molecule has 5 aromatic rings. The van der Waals surface area contributed by atoms with E-state index in [1.165, 1.54) is 3.97 Å². The van der Waals surface area contributed by atoms with Gasteiger partial charge in [-0.2, -0.15) is 11.3 Å². The van der Waals surface area contributed by atoms with Crippen molar-refractivity contribution in [1.82, 2.24) is 8.96 Å². The first kappa shape index (κ1) is 19.5. The number of rotatable bonds is 4.